The van der Waals surface area contributed by atoms with Gasteiger partial charge in [0.25, 0.3) is 5.91 Å². The SMILES string of the molecule is Cc1cc(I)ccc1NC(=O)COC(=O)c1cc(C(C)(C)C)cc(C(C)(C)C)c1. The quantitative estimate of drug-likeness (QED) is 0.409. The molecule has 0 aromatic heterocycles. The van der Waals surface area contributed by atoms with E-state index in [0.717, 1.165) is 25.9 Å². The van der Waals surface area contributed by atoms with Crippen molar-refractivity contribution in [1.82, 2.24) is 0 Å². The van der Waals surface area contributed by atoms with E-state index >= 15 is 0 Å². The third kappa shape index (κ3) is 6.56. The van der Waals surface area contributed by atoms with E-state index in [1.54, 1.807) is 0 Å². The van der Waals surface area contributed by atoms with Crippen LogP contribution in [0, 0.1) is 10.5 Å². The molecule has 0 atom stereocenters. The zero-order valence-corrected chi connectivity index (χ0v) is 20.4. The second kappa shape index (κ2) is 8.86. The van der Waals surface area contributed by atoms with Crippen LogP contribution in [0.1, 0.15) is 68.6 Å². The van der Waals surface area contributed by atoms with Gasteiger partial charge in [0.1, 0.15) is 0 Å². The fraction of sp³-hybridized carbons (Fsp3) is 0.417. The molecule has 5 heteroatoms. The molecule has 0 aliphatic heterocycles. The summed E-state index contributed by atoms with van der Waals surface area (Å²) >= 11 is 2.22. The van der Waals surface area contributed by atoms with Gasteiger partial charge >= 0.3 is 5.97 Å². The number of benzene rings is 2. The molecule has 0 radical (unpaired) electrons. The molecular weight excluding hydrogens is 477 g/mol. The third-order valence-corrected chi connectivity index (χ3v) is 5.37. The Balaban J connectivity index is 2.14. The molecule has 0 aliphatic rings. The number of ether oxygens (including phenoxy) is 1. The fourth-order valence-electron chi connectivity index (χ4n) is 2.78. The minimum atomic E-state index is -0.490. The van der Waals surface area contributed by atoms with Crippen molar-refractivity contribution in [2.45, 2.75) is 59.3 Å². The van der Waals surface area contributed by atoms with Crippen molar-refractivity contribution in [3.63, 3.8) is 0 Å². The molecule has 156 valence electrons. The second-order valence-electron chi connectivity index (χ2n) is 9.38. The maximum Gasteiger partial charge on any atom is 0.338 e. The van der Waals surface area contributed by atoms with Gasteiger partial charge in [-0.25, -0.2) is 4.79 Å². The number of hydrogen-bond acceptors (Lipinski definition) is 3. The summed E-state index contributed by atoms with van der Waals surface area (Å²) in [7, 11) is 0. The molecular formula is C24H30INO3. The molecule has 2 rings (SSSR count). The zero-order valence-electron chi connectivity index (χ0n) is 18.3. The Morgan fingerprint density at radius 3 is 1.97 bits per heavy atom. The molecule has 2 aromatic rings. The maximum absolute atomic E-state index is 12.7. The molecule has 0 saturated heterocycles. The molecule has 0 aliphatic carbocycles. The molecule has 4 nitrogen and oxygen atoms in total. The van der Waals surface area contributed by atoms with Crippen molar-refractivity contribution in [3.8, 4) is 0 Å². The maximum atomic E-state index is 12.7. The summed E-state index contributed by atoms with van der Waals surface area (Å²) < 4.78 is 6.40. The Hall–Kier alpha value is -1.89. The standard InChI is InChI=1S/C24H30INO3/c1-15-10-19(25)8-9-20(15)26-21(27)14-29-22(28)16-11-17(23(2,3)4)13-18(12-16)24(5,6)7/h8-13H,14H2,1-7H3,(H,26,27). The summed E-state index contributed by atoms with van der Waals surface area (Å²) in [4.78, 5) is 24.9. The van der Waals surface area contributed by atoms with Gasteiger partial charge < -0.3 is 10.1 Å². The van der Waals surface area contributed by atoms with Crippen LogP contribution in [0.2, 0.25) is 0 Å². The number of aryl methyl sites for hydroxylation is 1. The Morgan fingerprint density at radius 2 is 1.48 bits per heavy atom. The lowest BCUT2D eigenvalue weighted by Crippen LogP contribution is -2.22. The normalized spacial score (nSPS) is 11.9. The number of halogens is 1. The van der Waals surface area contributed by atoms with Crippen molar-refractivity contribution in [3.05, 3.63) is 62.2 Å². The Bertz CT molecular complexity index is 888. The Kier molecular flexibility index (Phi) is 7.14. The Morgan fingerprint density at radius 1 is 0.931 bits per heavy atom. The van der Waals surface area contributed by atoms with Gasteiger partial charge in [-0.3, -0.25) is 4.79 Å². The number of amides is 1. The minimum Gasteiger partial charge on any atom is -0.452 e. The van der Waals surface area contributed by atoms with E-state index in [1.165, 1.54) is 0 Å². The highest BCUT2D eigenvalue weighted by Gasteiger charge is 2.23. The molecule has 0 saturated carbocycles. The van der Waals surface area contributed by atoms with Gasteiger partial charge in [-0.15, -0.1) is 0 Å². The van der Waals surface area contributed by atoms with Crippen LogP contribution in [0.5, 0.6) is 0 Å². The number of anilines is 1. The highest BCUT2D eigenvalue weighted by molar-refractivity contribution is 14.1. The van der Waals surface area contributed by atoms with Gasteiger partial charge in [-0.2, -0.15) is 0 Å². The first-order chi connectivity index (χ1) is 13.3. The Labute approximate surface area is 187 Å². The van der Waals surface area contributed by atoms with Crippen molar-refractivity contribution in [1.29, 1.82) is 0 Å². The average molecular weight is 507 g/mol. The van der Waals surface area contributed by atoms with Crippen molar-refractivity contribution < 1.29 is 14.3 Å². The minimum absolute atomic E-state index is 0.101. The number of esters is 1. The van der Waals surface area contributed by atoms with Gasteiger partial charge in [0.2, 0.25) is 0 Å². The number of carbonyl (C=O) groups is 2. The number of hydrogen-bond donors (Lipinski definition) is 1. The largest absolute Gasteiger partial charge is 0.452 e. The lowest BCUT2D eigenvalue weighted by atomic mass is 9.79. The monoisotopic (exact) mass is 507 g/mol. The topological polar surface area (TPSA) is 55.4 Å². The van der Waals surface area contributed by atoms with Gasteiger partial charge in [-0.05, 0) is 87.4 Å². The zero-order chi connectivity index (χ0) is 22.0. The summed E-state index contributed by atoms with van der Waals surface area (Å²) in [6, 6.07) is 11.6. The van der Waals surface area contributed by atoms with E-state index < -0.39 is 5.97 Å². The van der Waals surface area contributed by atoms with Crippen LogP contribution in [0.15, 0.2) is 36.4 Å². The van der Waals surface area contributed by atoms with Crippen molar-refractivity contribution >= 4 is 40.2 Å². The first-order valence-electron chi connectivity index (χ1n) is 9.66. The van der Waals surface area contributed by atoms with Crippen LogP contribution in [0.3, 0.4) is 0 Å². The molecule has 29 heavy (non-hydrogen) atoms. The first kappa shape index (κ1) is 23.4. The number of rotatable bonds is 4. The summed E-state index contributed by atoms with van der Waals surface area (Å²) in [6.45, 7) is 14.3. The first-order valence-corrected chi connectivity index (χ1v) is 10.7. The molecule has 2 aromatic carbocycles. The van der Waals surface area contributed by atoms with E-state index in [0.29, 0.717) is 5.56 Å². The molecule has 0 fully saturated rings. The summed E-state index contributed by atoms with van der Waals surface area (Å²) in [5.74, 6) is -0.846. The third-order valence-electron chi connectivity index (χ3n) is 4.70. The smallest absolute Gasteiger partial charge is 0.338 e. The van der Waals surface area contributed by atoms with Gasteiger partial charge in [0, 0.05) is 9.26 Å². The van der Waals surface area contributed by atoms with Gasteiger partial charge in [0.05, 0.1) is 5.56 Å². The summed E-state index contributed by atoms with van der Waals surface area (Å²) in [5, 5.41) is 2.80. The number of nitrogens with one attached hydrogen (secondary N) is 1. The number of carbonyl (C=O) groups excluding carboxylic acids is 2. The lowest BCUT2D eigenvalue weighted by molar-refractivity contribution is -0.119. The van der Waals surface area contributed by atoms with E-state index in [2.05, 4.69) is 75.5 Å². The van der Waals surface area contributed by atoms with Crippen LogP contribution in [0.4, 0.5) is 5.69 Å². The average Bonchev–Trinajstić information content (AvgIpc) is 2.60. The summed E-state index contributed by atoms with van der Waals surface area (Å²) in [6.07, 6.45) is 0. The van der Waals surface area contributed by atoms with Crippen LogP contribution < -0.4 is 5.32 Å². The summed E-state index contributed by atoms with van der Waals surface area (Å²) in [5.41, 5.74) is 4.08. The van der Waals surface area contributed by atoms with Gasteiger partial charge in [0.15, 0.2) is 6.61 Å². The second-order valence-corrected chi connectivity index (χ2v) is 10.6. The predicted octanol–water partition coefficient (Wildman–Crippen LogP) is 5.99. The molecule has 0 heterocycles. The van der Waals surface area contributed by atoms with Crippen molar-refractivity contribution in [2.75, 3.05) is 11.9 Å². The molecule has 1 N–H and O–H groups in total. The van der Waals surface area contributed by atoms with E-state index in [9.17, 15) is 9.59 Å². The molecule has 1 amide bonds. The van der Waals surface area contributed by atoms with Crippen LogP contribution in [-0.4, -0.2) is 18.5 Å². The van der Waals surface area contributed by atoms with E-state index in [1.807, 2.05) is 37.3 Å². The fourth-order valence-corrected chi connectivity index (χ4v) is 3.43. The highest BCUT2D eigenvalue weighted by atomic mass is 127. The van der Waals surface area contributed by atoms with E-state index in [-0.39, 0.29) is 23.3 Å². The molecule has 0 bridgehead atoms. The van der Waals surface area contributed by atoms with Crippen LogP contribution >= 0.6 is 22.6 Å². The van der Waals surface area contributed by atoms with E-state index in [4.69, 9.17) is 4.74 Å². The highest BCUT2D eigenvalue weighted by Crippen LogP contribution is 2.30. The molecule has 0 unspecified atom stereocenters. The molecule has 0 spiro atoms. The lowest BCUT2D eigenvalue weighted by Gasteiger charge is -2.25. The van der Waals surface area contributed by atoms with Crippen LogP contribution in [0.25, 0.3) is 0 Å². The predicted molar refractivity (Wildman–Crippen MR) is 127 cm³/mol. The van der Waals surface area contributed by atoms with Crippen LogP contribution in [-0.2, 0) is 20.4 Å². The van der Waals surface area contributed by atoms with Gasteiger partial charge in [-0.1, -0.05) is 47.6 Å². The van der Waals surface area contributed by atoms with Crippen molar-refractivity contribution in [2.24, 2.45) is 0 Å².